The maximum Gasteiger partial charge on any atom is 0.235 e. The van der Waals surface area contributed by atoms with Crippen LogP contribution in [-0.4, -0.2) is 62.9 Å². The number of nitrogens with one attached hydrogen (secondary N) is 1. The van der Waals surface area contributed by atoms with E-state index in [1.54, 1.807) is 7.11 Å². The van der Waals surface area contributed by atoms with Crippen LogP contribution in [-0.2, 0) is 34.6 Å². The fraction of sp³-hybridized carbons (Fsp3) is 0.684. The van der Waals surface area contributed by atoms with E-state index in [1.165, 1.54) is 0 Å². The Hall–Kier alpha value is -2.10. The number of amides is 1. The van der Waals surface area contributed by atoms with Gasteiger partial charge in [0.1, 0.15) is 11.0 Å². The van der Waals surface area contributed by atoms with Crippen LogP contribution in [0.25, 0.3) is 0 Å². The largest absolute Gasteiger partial charge is 0.410 e. The number of benzene rings is 1. The Kier molecular flexibility index (Phi) is 9.26. The van der Waals surface area contributed by atoms with Gasteiger partial charge in [0.2, 0.25) is 5.91 Å². The zero-order chi connectivity index (χ0) is 34.0. The van der Waals surface area contributed by atoms with E-state index in [0.29, 0.717) is 12.8 Å². The lowest BCUT2D eigenvalue weighted by molar-refractivity contribution is -0.187. The molecule has 254 valence electrons. The van der Waals surface area contributed by atoms with Gasteiger partial charge in [-0.25, -0.2) is 0 Å². The highest BCUT2D eigenvalue weighted by atomic mass is 28.4. The van der Waals surface area contributed by atoms with Gasteiger partial charge in [-0.1, -0.05) is 83.7 Å². The first-order chi connectivity index (χ1) is 21.3. The van der Waals surface area contributed by atoms with Gasteiger partial charge in [0, 0.05) is 31.4 Å². The zero-order valence-corrected chi connectivity index (χ0v) is 30.9. The van der Waals surface area contributed by atoms with Gasteiger partial charge in [-0.15, -0.1) is 0 Å². The van der Waals surface area contributed by atoms with E-state index in [-0.39, 0.29) is 53.0 Å². The van der Waals surface area contributed by atoms with Gasteiger partial charge in [-0.2, -0.15) is 0 Å². The third-order valence-electron chi connectivity index (χ3n) is 12.1. The molecule has 3 fully saturated rings. The van der Waals surface area contributed by atoms with Gasteiger partial charge in [0.15, 0.2) is 19.9 Å². The minimum atomic E-state index is -2.35. The number of hydrogen-bond donors (Lipinski definition) is 1. The lowest BCUT2D eigenvalue weighted by Gasteiger charge is -2.53. The second-order valence-corrected chi connectivity index (χ2v) is 21.3. The molecule has 2 heterocycles. The highest BCUT2D eigenvalue weighted by Gasteiger charge is 2.70. The molecular weight excluding hydrogens is 595 g/mol. The number of fused-ring (bicyclic) bond motifs is 1. The Morgan fingerprint density at radius 3 is 2.35 bits per heavy atom. The quantitative estimate of drug-likeness (QED) is 0.209. The molecule has 7 nitrogen and oxygen atoms in total. The molecule has 1 N–H and O–H groups in total. The molecule has 2 aliphatic carbocycles. The van der Waals surface area contributed by atoms with Gasteiger partial charge >= 0.3 is 0 Å². The van der Waals surface area contributed by atoms with E-state index in [9.17, 15) is 4.79 Å². The lowest BCUT2D eigenvalue weighted by atomic mass is 9.51. The highest BCUT2D eigenvalue weighted by molar-refractivity contribution is 6.74. The summed E-state index contributed by atoms with van der Waals surface area (Å²) in [5.41, 5.74) is -0.177. The first-order valence-corrected chi connectivity index (χ1v) is 20.0. The average molecular weight is 652 g/mol. The highest BCUT2D eigenvalue weighted by Crippen LogP contribution is 2.59. The summed E-state index contributed by atoms with van der Waals surface area (Å²) in [5, 5.41) is 3.29. The number of hydrogen-bond acceptors (Lipinski definition) is 6. The third kappa shape index (κ3) is 5.70. The predicted molar refractivity (Wildman–Crippen MR) is 184 cm³/mol. The maximum atomic E-state index is 15.3. The van der Waals surface area contributed by atoms with Crippen molar-refractivity contribution in [1.82, 2.24) is 5.32 Å². The molecule has 1 amide bonds. The molecule has 1 aromatic rings. The molecule has 10 atom stereocenters. The molecule has 2 aliphatic heterocycles. The number of carbonyl (C=O) groups is 2. The Morgan fingerprint density at radius 2 is 1.74 bits per heavy atom. The van der Waals surface area contributed by atoms with Crippen molar-refractivity contribution in [1.29, 1.82) is 0 Å². The summed E-state index contributed by atoms with van der Waals surface area (Å²) < 4.78 is 26.5. The van der Waals surface area contributed by atoms with Crippen molar-refractivity contribution >= 4 is 20.0 Å². The Balaban J connectivity index is 1.70. The van der Waals surface area contributed by atoms with Crippen molar-refractivity contribution in [2.75, 3.05) is 7.11 Å². The number of allylic oxidation sites excluding steroid dienone is 1. The SMILES string of the molecule is C=C1[C@@H](C)[C@H]2[C@H](Cc3ccccc3)NC(=O)[C@]23C(=O)C[C@@H](OC)[C@@]2(C)OC(C)(C)O[C@@H]2[C@@H](C)C/C=C/[C@H]3[C@@H]1O[Si](C)(C)C(C)(C)C. The number of ether oxygens (including phenoxy) is 3. The standard InChI is InChI=1S/C38H57NO6Si/c1-23-17-16-20-27-32(44-46(11,12)35(4,5)6)25(3)24(2)31-28(21-26-18-14-13-15-19-26)39-34(41)38(27,31)29(40)22-30(42-10)37(9)33(23)43-36(7,8)45-37/h13-16,18-20,23-24,27-28,30-33H,3,17,21-22H2,1-2,4-12H3,(H,39,41)/b20-16+/t23-,24+,27-,28-,30+,31-,32+,33+,37+,38+/m0/s1. The first kappa shape index (κ1) is 35.2. The Labute approximate surface area is 278 Å². The van der Waals surface area contributed by atoms with E-state index in [0.717, 1.165) is 11.1 Å². The van der Waals surface area contributed by atoms with Crippen molar-refractivity contribution in [3.8, 4) is 0 Å². The molecule has 4 aliphatic rings. The minimum Gasteiger partial charge on any atom is -0.410 e. The molecule has 46 heavy (non-hydrogen) atoms. The van der Waals surface area contributed by atoms with Crippen LogP contribution in [0, 0.1) is 29.1 Å². The number of Topliss-reactive ketones (excluding diaryl/α,β-unsaturated/α-hetero) is 1. The van der Waals surface area contributed by atoms with E-state index in [4.69, 9.17) is 18.6 Å². The van der Waals surface area contributed by atoms with Crippen LogP contribution < -0.4 is 5.32 Å². The van der Waals surface area contributed by atoms with Crippen molar-refractivity contribution < 1.29 is 28.2 Å². The van der Waals surface area contributed by atoms with E-state index >= 15 is 4.79 Å². The number of carbonyl (C=O) groups excluding carboxylic acids is 2. The summed E-state index contributed by atoms with van der Waals surface area (Å²) in [6.07, 6.45) is 4.19. The van der Waals surface area contributed by atoms with E-state index in [1.807, 2.05) is 39.0 Å². The molecule has 0 bridgehead atoms. The smallest absolute Gasteiger partial charge is 0.235 e. The topological polar surface area (TPSA) is 83.1 Å². The molecule has 0 radical (unpaired) electrons. The molecule has 2 saturated heterocycles. The first-order valence-electron chi connectivity index (χ1n) is 17.1. The Bertz CT molecular complexity index is 1370. The molecule has 1 spiro atoms. The Morgan fingerprint density at radius 1 is 1.09 bits per heavy atom. The monoisotopic (exact) mass is 651 g/mol. The van der Waals surface area contributed by atoms with Crippen LogP contribution >= 0.6 is 0 Å². The summed E-state index contributed by atoms with van der Waals surface area (Å²) in [4.78, 5) is 30.2. The van der Waals surface area contributed by atoms with E-state index < -0.39 is 43.2 Å². The van der Waals surface area contributed by atoms with Crippen LogP contribution in [0.5, 0.6) is 0 Å². The molecule has 5 rings (SSSR count). The van der Waals surface area contributed by atoms with Crippen molar-refractivity contribution in [2.45, 2.75) is 129 Å². The van der Waals surface area contributed by atoms with Crippen molar-refractivity contribution in [3.05, 3.63) is 60.2 Å². The van der Waals surface area contributed by atoms with Gasteiger partial charge in [-0.05, 0) is 74.7 Å². The van der Waals surface area contributed by atoms with Crippen molar-refractivity contribution in [3.63, 3.8) is 0 Å². The van der Waals surface area contributed by atoms with E-state index in [2.05, 4.69) is 83.9 Å². The van der Waals surface area contributed by atoms with Gasteiger partial charge in [-0.3, -0.25) is 9.59 Å². The molecular formula is C38H57NO6Si. The second kappa shape index (κ2) is 12.1. The molecule has 8 heteroatoms. The van der Waals surface area contributed by atoms with Crippen molar-refractivity contribution in [2.24, 2.45) is 29.1 Å². The molecule has 1 saturated carbocycles. The van der Waals surface area contributed by atoms with Gasteiger partial charge in [0.05, 0.1) is 18.3 Å². The number of methoxy groups -OCH3 is 1. The normalized spacial score (nSPS) is 40.4. The summed E-state index contributed by atoms with van der Waals surface area (Å²) in [5.74, 6) is -2.09. The lowest BCUT2D eigenvalue weighted by Crippen LogP contribution is -2.62. The minimum absolute atomic E-state index is 0.0218. The van der Waals surface area contributed by atoms with Crippen LogP contribution in [0.3, 0.4) is 0 Å². The summed E-state index contributed by atoms with van der Waals surface area (Å²) in [6, 6.07) is 9.96. The molecule has 1 aromatic carbocycles. The van der Waals surface area contributed by atoms with Crippen LogP contribution in [0.4, 0.5) is 0 Å². The zero-order valence-electron chi connectivity index (χ0n) is 29.9. The third-order valence-corrected chi connectivity index (χ3v) is 16.5. The summed E-state index contributed by atoms with van der Waals surface area (Å²) in [7, 11) is -0.723. The number of rotatable bonds is 5. The average Bonchev–Trinajstić information content (AvgIpc) is 3.40. The van der Waals surface area contributed by atoms with Crippen LogP contribution in [0.2, 0.25) is 18.1 Å². The second-order valence-electron chi connectivity index (χ2n) is 16.6. The van der Waals surface area contributed by atoms with Gasteiger partial charge < -0.3 is 24.0 Å². The van der Waals surface area contributed by atoms with Crippen LogP contribution in [0.15, 0.2) is 54.6 Å². The predicted octanol–water partition coefficient (Wildman–Crippen LogP) is 7.02. The fourth-order valence-corrected chi connectivity index (χ4v) is 10.0. The molecule has 0 unspecified atom stereocenters. The summed E-state index contributed by atoms with van der Waals surface area (Å²) >= 11 is 0. The van der Waals surface area contributed by atoms with Gasteiger partial charge in [0.25, 0.3) is 0 Å². The maximum absolute atomic E-state index is 15.3. The molecule has 0 aromatic heterocycles. The fourth-order valence-electron chi connectivity index (χ4n) is 8.75. The number of ketones is 1. The summed E-state index contributed by atoms with van der Waals surface area (Å²) in [6.45, 7) is 25.9. The van der Waals surface area contributed by atoms with Crippen LogP contribution in [0.1, 0.15) is 73.8 Å².